The smallest absolute Gasteiger partial charge is 0.261 e. The van der Waals surface area contributed by atoms with Crippen LogP contribution in [-0.4, -0.2) is 49.6 Å². The number of rotatable bonds is 5. The first-order valence-corrected chi connectivity index (χ1v) is 11.3. The van der Waals surface area contributed by atoms with E-state index in [1.54, 1.807) is 35.5 Å². The number of hydrogen-bond donors (Lipinski definition) is 0. The van der Waals surface area contributed by atoms with Gasteiger partial charge in [-0.2, -0.15) is 20.0 Å². The van der Waals surface area contributed by atoms with E-state index in [9.17, 15) is 4.79 Å². The Balaban J connectivity index is 1.49. The molecule has 3 heterocycles. The molecule has 0 radical (unpaired) electrons. The van der Waals surface area contributed by atoms with Crippen molar-refractivity contribution in [1.82, 2.24) is 30.0 Å². The van der Waals surface area contributed by atoms with Crippen LogP contribution in [0.15, 0.2) is 47.2 Å². The Morgan fingerprint density at radius 1 is 1.18 bits per heavy atom. The van der Waals surface area contributed by atoms with Gasteiger partial charge in [0.1, 0.15) is 5.75 Å². The van der Waals surface area contributed by atoms with Gasteiger partial charge in [-0.3, -0.25) is 4.79 Å². The molecule has 2 aromatic carbocycles. The molecule has 2 aromatic heterocycles. The Kier molecular flexibility index (Phi) is 5.79. The number of carbonyl (C=O) groups excluding carboxylic acids is 1. The number of para-hydroxylation sites is 1. The van der Waals surface area contributed by atoms with Crippen LogP contribution >= 0.6 is 11.6 Å². The molecule has 0 aliphatic carbocycles. The number of hydrogen-bond acceptors (Lipinski definition) is 7. The van der Waals surface area contributed by atoms with Crippen LogP contribution in [0.25, 0.3) is 17.1 Å². The Morgan fingerprint density at radius 2 is 1.94 bits per heavy atom. The van der Waals surface area contributed by atoms with Crippen LogP contribution in [0.2, 0.25) is 5.02 Å². The standard InChI is InChI=1S/C24H23ClN6O3/c1-14-12-17(20(13-15(14)2)31-26-9-10-27-31)24(32)30-11-5-8-19(30)22-28-23(34-29-22)16-6-4-7-18(25)21(16)33-3/h4,6-7,9-10,12-13,19H,5,8,11H2,1-3H3/t19-/m0/s1. The molecule has 4 aromatic rings. The first kappa shape index (κ1) is 22.1. The number of likely N-dealkylation sites (tertiary alicyclic amines) is 1. The Bertz CT molecular complexity index is 1350. The average molecular weight is 479 g/mol. The predicted molar refractivity (Wildman–Crippen MR) is 125 cm³/mol. The number of nitrogens with zero attached hydrogens (tertiary/aromatic N) is 6. The molecule has 1 aliphatic rings. The van der Waals surface area contributed by atoms with Crippen LogP contribution in [0.5, 0.6) is 5.75 Å². The molecule has 10 heteroatoms. The summed E-state index contributed by atoms with van der Waals surface area (Å²) < 4.78 is 11.0. The molecule has 34 heavy (non-hydrogen) atoms. The maximum absolute atomic E-state index is 13.8. The van der Waals surface area contributed by atoms with Crippen molar-refractivity contribution >= 4 is 17.5 Å². The topological polar surface area (TPSA) is 99.2 Å². The molecule has 0 spiro atoms. The van der Waals surface area contributed by atoms with Gasteiger partial charge in [0.25, 0.3) is 11.8 Å². The largest absolute Gasteiger partial charge is 0.494 e. The van der Waals surface area contributed by atoms with E-state index in [-0.39, 0.29) is 11.9 Å². The van der Waals surface area contributed by atoms with Gasteiger partial charge in [-0.25, -0.2) is 0 Å². The lowest BCUT2D eigenvalue weighted by atomic mass is 10.0. The number of ether oxygens (including phenoxy) is 1. The zero-order chi connectivity index (χ0) is 23.8. The van der Waals surface area contributed by atoms with E-state index in [4.69, 9.17) is 20.9 Å². The maximum Gasteiger partial charge on any atom is 0.261 e. The van der Waals surface area contributed by atoms with Gasteiger partial charge < -0.3 is 14.2 Å². The summed E-state index contributed by atoms with van der Waals surface area (Å²) in [5.41, 5.74) is 3.85. The number of halogens is 1. The summed E-state index contributed by atoms with van der Waals surface area (Å²) in [5, 5.41) is 13.1. The molecule has 0 bridgehead atoms. The lowest BCUT2D eigenvalue weighted by molar-refractivity contribution is 0.0728. The fourth-order valence-corrected chi connectivity index (χ4v) is 4.53. The minimum Gasteiger partial charge on any atom is -0.494 e. The summed E-state index contributed by atoms with van der Waals surface area (Å²) in [6.07, 6.45) is 4.75. The SMILES string of the molecule is COc1c(Cl)cccc1-c1nc([C@@H]2CCCN2C(=O)c2cc(C)c(C)cc2-n2nccn2)no1. The Hall–Kier alpha value is -3.72. The van der Waals surface area contributed by atoms with Crippen LogP contribution in [0.4, 0.5) is 0 Å². The maximum atomic E-state index is 13.8. The van der Waals surface area contributed by atoms with E-state index in [0.717, 1.165) is 24.0 Å². The molecular weight excluding hydrogens is 456 g/mol. The molecule has 174 valence electrons. The summed E-state index contributed by atoms with van der Waals surface area (Å²) in [4.78, 5) is 21.6. The second-order valence-electron chi connectivity index (χ2n) is 8.21. The van der Waals surface area contributed by atoms with Gasteiger partial charge in [-0.1, -0.05) is 22.8 Å². The van der Waals surface area contributed by atoms with Gasteiger partial charge in [0.15, 0.2) is 5.82 Å². The molecule has 1 amide bonds. The van der Waals surface area contributed by atoms with Crippen molar-refractivity contribution < 1.29 is 14.1 Å². The van der Waals surface area contributed by atoms with E-state index in [1.165, 1.54) is 11.9 Å². The zero-order valence-corrected chi connectivity index (χ0v) is 19.8. The van der Waals surface area contributed by atoms with Gasteiger partial charge in [-0.05, 0) is 62.1 Å². The molecule has 5 rings (SSSR count). The third-order valence-electron chi connectivity index (χ3n) is 6.13. The van der Waals surface area contributed by atoms with Crippen molar-refractivity contribution in [1.29, 1.82) is 0 Å². The molecule has 1 fully saturated rings. The number of amides is 1. The second kappa shape index (κ2) is 8.90. The van der Waals surface area contributed by atoms with Crippen LogP contribution in [0.1, 0.15) is 46.2 Å². The molecule has 1 atom stereocenters. The molecule has 1 saturated heterocycles. The van der Waals surface area contributed by atoms with Crippen molar-refractivity contribution in [2.75, 3.05) is 13.7 Å². The lowest BCUT2D eigenvalue weighted by Crippen LogP contribution is -2.32. The molecular formula is C24H23ClN6O3. The first-order chi connectivity index (χ1) is 16.5. The minimum atomic E-state index is -0.310. The average Bonchev–Trinajstić information content (AvgIpc) is 3.61. The van der Waals surface area contributed by atoms with Crippen molar-refractivity contribution in [3.05, 3.63) is 70.3 Å². The minimum absolute atomic E-state index is 0.121. The third kappa shape index (κ3) is 3.81. The van der Waals surface area contributed by atoms with Crippen molar-refractivity contribution in [3.8, 4) is 22.9 Å². The quantitative estimate of drug-likeness (QED) is 0.414. The van der Waals surface area contributed by atoms with Gasteiger partial charge in [0.05, 0.1) is 47.4 Å². The van der Waals surface area contributed by atoms with Gasteiger partial charge >= 0.3 is 0 Å². The van der Waals surface area contributed by atoms with Crippen molar-refractivity contribution in [3.63, 3.8) is 0 Å². The summed E-state index contributed by atoms with van der Waals surface area (Å²) in [7, 11) is 1.54. The van der Waals surface area contributed by atoms with E-state index < -0.39 is 0 Å². The summed E-state index contributed by atoms with van der Waals surface area (Å²) in [5.74, 6) is 1.08. The third-order valence-corrected chi connectivity index (χ3v) is 6.43. The second-order valence-corrected chi connectivity index (χ2v) is 8.61. The highest BCUT2D eigenvalue weighted by Gasteiger charge is 2.35. The van der Waals surface area contributed by atoms with E-state index in [0.29, 0.717) is 45.8 Å². The first-order valence-electron chi connectivity index (χ1n) is 10.9. The summed E-state index contributed by atoms with van der Waals surface area (Å²) in [6, 6.07) is 8.84. The van der Waals surface area contributed by atoms with Gasteiger partial charge in [0, 0.05) is 6.54 Å². The normalized spacial score (nSPS) is 15.6. The van der Waals surface area contributed by atoms with Crippen molar-refractivity contribution in [2.24, 2.45) is 0 Å². The zero-order valence-electron chi connectivity index (χ0n) is 19.0. The molecule has 0 N–H and O–H groups in total. The summed E-state index contributed by atoms with van der Waals surface area (Å²) >= 11 is 6.25. The highest BCUT2D eigenvalue weighted by molar-refractivity contribution is 6.32. The Morgan fingerprint density at radius 3 is 2.71 bits per heavy atom. The molecule has 1 aliphatic heterocycles. The number of aryl methyl sites for hydroxylation is 2. The van der Waals surface area contributed by atoms with Crippen LogP contribution in [-0.2, 0) is 0 Å². The predicted octanol–water partition coefficient (Wildman–Crippen LogP) is 4.57. The van der Waals surface area contributed by atoms with Gasteiger partial charge in [0.2, 0.25) is 0 Å². The highest BCUT2D eigenvalue weighted by Crippen LogP contribution is 2.38. The monoisotopic (exact) mass is 478 g/mol. The van der Waals surface area contributed by atoms with Gasteiger partial charge in [-0.15, -0.1) is 0 Å². The Labute approximate surface area is 201 Å². The lowest BCUT2D eigenvalue weighted by Gasteiger charge is -2.24. The highest BCUT2D eigenvalue weighted by atomic mass is 35.5. The molecule has 9 nitrogen and oxygen atoms in total. The van der Waals surface area contributed by atoms with E-state index in [2.05, 4.69) is 20.3 Å². The number of benzene rings is 2. The fraction of sp³-hybridized carbons (Fsp3) is 0.292. The van der Waals surface area contributed by atoms with Crippen LogP contribution in [0, 0.1) is 13.8 Å². The van der Waals surface area contributed by atoms with E-state index >= 15 is 0 Å². The van der Waals surface area contributed by atoms with Crippen LogP contribution < -0.4 is 4.74 Å². The van der Waals surface area contributed by atoms with E-state index in [1.807, 2.05) is 26.0 Å². The summed E-state index contributed by atoms with van der Waals surface area (Å²) in [6.45, 7) is 4.57. The number of methoxy groups -OCH3 is 1. The fourth-order valence-electron chi connectivity index (χ4n) is 4.28. The van der Waals surface area contributed by atoms with Crippen LogP contribution in [0.3, 0.4) is 0 Å². The number of aromatic nitrogens is 5. The van der Waals surface area contributed by atoms with Crippen molar-refractivity contribution in [2.45, 2.75) is 32.7 Å². The molecule has 0 unspecified atom stereocenters. The molecule has 0 saturated carbocycles. The number of carbonyl (C=O) groups is 1.